The molecule has 16 heavy (non-hydrogen) atoms. The molecule has 5 nitrogen and oxygen atoms in total. The average Bonchev–Trinajstić information content (AvgIpc) is 2.29. The summed E-state index contributed by atoms with van der Waals surface area (Å²) in [5.41, 5.74) is 5.34. The van der Waals surface area contributed by atoms with Gasteiger partial charge in [-0.3, -0.25) is 14.6 Å². The quantitative estimate of drug-likeness (QED) is 0.392. The van der Waals surface area contributed by atoms with E-state index in [0.717, 1.165) is 0 Å². The van der Waals surface area contributed by atoms with E-state index >= 15 is 0 Å². The predicted octanol–water partition coefficient (Wildman–Crippen LogP) is -1.03. The first-order valence-corrected chi connectivity index (χ1v) is 4.67. The van der Waals surface area contributed by atoms with Crippen LogP contribution < -0.4 is 11.3 Å². The van der Waals surface area contributed by atoms with Crippen LogP contribution in [0.15, 0.2) is 6.20 Å². The smallest absolute Gasteiger partial charge is 0.186 e. The van der Waals surface area contributed by atoms with Gasteiger partial charge in [-0.15, -0.1) is 0 Å². The maximum atomic E-state index is 11.7. The fraction of sp³-hybridized carbons (Fsp3) is 0.333. The molecule has 0 aliphatic rings. The van der Waals surface area contributed by atoms with E-state index in [2.05, 4.69) is 9.97 Å². The maximum Gasteiger partial charge on any atom is 0.186 e. The van der Waals surface area contributed by atoms with Crippen molar-refractivity contribution >= 4 is 38.7 Å². The molecule has 1 aromatic heterocycles. The highest BCUT2D eigenvalue weighted by Gasteiger charge is 2.24. The third kappa shape index (κ3) is 2.48. The molecule has 0 aliphatic heterocycles. The van der Waals surface area contributed by atoms with Crippen LogP contribution in [0.2, 0.25) is 5.82 Å². The van der Waals surface area contributed by atoms with Gasteiger partial charge in [0.25, 0.3) is 0 Å². The van der Waals surface area contributed by atoms with E-state index in [0.29, 0.717) is 0 Å². The van der Waals surface area contributed by atoms with Gasteiger partial charge >= 0.3 is 0 Å². The maximum absolute atomic E-state index is 11.7. The molecule has 78 valence electrons. The number of nitrogens with zero attached hydrogens (tertiary/aromatic N) is 2. The molecule has 0 fully saturated rings. The first kappa shape index (κ1) is 12.4. The van der Waals surface area contributed by atoms with Crippen LogP contribution in [0, 0.1) is 0 Å². The number of nitrogens with two attached hydrogens (primary N) is 1. The summed E-state index contributed by atoms with van der Waals surface area (Å²) in [6, 6.07) is 0. The zero-order valence-electron chi connectivity index (χ0n) is 8.80. The Morgan fingerprint density at radius 2 is 2.19 bits per heavy atom. The Balaban J connectivity index is 3.05. The summed E-state index contributed by atoms with van der Waals surface area (Å²) in [5, 5.41) is 0. The van der Waals surface area contributed by atoms with Crippen LogP contribution in [-0.4, -0.2) is 37.2 Å². The minimum absolute atomic E-state index is 0.0497. The number of carbonyl (C=O) groups excluding carboxylic acids is 2. The molecule has 0 aliphatic carbocycles. The molecule has 0 saturated heterocycles. The van der Waals surface area contributed by atoms with E-state index in [-0.39, 0.29) is 29.3 Å². The van der Waals surface area contributed by atoms with Gasteiger partial charge in [0.1, 0.15) is 19.3 Å². The normalized spacial score (nSPS) is 12.1. The summed E-state index contributed by atoms with van der Waals surface area (Å²) >= 11 is 0. The van der Waals surface area contributed by atoms with Gasteiger partial charge in [0.2, 0.25) is 0 Å². The van der Waals surface area contributed by atoms with Crippen molar-refractivity contribution in [2.24, 2.45) is 0 Å². The molecule has 4 radical (unpaired) electrons. The predicted molar refractivity (Wildman–Crippen MR) is 61.0 cm³/mol. The largest absolute Gasteiger partial charge is 0.382 e. The van der Waals surface area contributed by atoms with Crippen LogP contribution >= 0.6 is 0 Å². The van der Waals surface area contributed by atoms with E-state index in [9.17, 15) is 9.59 Å². The Morgan fingerprint density at radius 1 is 1.56 bits per heavy atom. The Morgan fingerprint density at radius 3 is 2.75 bits per heavy atom. The SMILES string of the molecule is [B]c1cnc(N)c(C(=O)C([B])C(=O)CC)n1. The van der Waals surface area contributed by atoms with Gasteiger partial charge in [-0.25, -0.2) is 4.98 Å². The first-order chi connectivity index (χ1) is 7.47. The minimum Gasteiger partial charge on any atom is -0.382 e. The molecule has 7 heteroatoms. The lowest BCUT2D eigenvalue weighted by Crippen LogP contribution is -2.24. The van der Waals surface area contributed by atoms with Crippen molar-refractivity contribution in [3.05, 3.63) is 11.9 Å². The van der Waals surface area contributed by atoms with E-state index in [1.807, 2.05) is 0 Å². The van der Waals surface area contributed by atoms with E-state index in [4.69, 9.17) is 21.4 Å². The summed E-state index contributed by atoms with van der Waals surface area (Å²) in [5.74, 6) is -2.39. The van der Waals surface area contributed by atoms with Crippen LogP contribution in [0.1, 0.15) is 23.8 Å². The summed E-state index contributed by atoms with van der Waals surface area (Å²) < 4.78 is 0. The average molecular weight is 213 g/mol. The monoisotopic (exact) mass is 213 g/mol. The molecular formula is C9H9B2N3O2. The van der Waals surface area contributed by atoms with Crippen molar-refractivity contribution in [2.45, 2.75) is 19.2 Å². The molecule has 0 aromatic carbocycles. The van der Waals surface area contributed by atoms with Crippen molar-refractivity contribution in [1.82, 2.24) is 9.97 Å². The van der Waals surface area contributed by atoms with Crippen LogP contribution in [-0.2, 0) is 4.79 Å². The second-order valence-electron chi connectivity index (χ2n) is 3.19. The highest BCUT2D eigenvalue weighted by molar-refractivity contribution is 6.40. The Labute approximate surface area is 95.7 Å². The second-order valence-corrected chi connectivity index (χ2v) is 3.19. The molecule has 0 saturated carbocycles. The number of aromatic nitrogens is 2. The van der Waals surface area contributed by atoms with Crippen molar-refractivity contribution < 1.29 is 9.59 Å². The number of carbonyl (C=O) groups is 2. The zero-order valence-corrected chi connectivity index (χ0v) is 8.80. The lowest BCUT2D eigenvalue weighted by molar-refractivity contribution is -0.117. The molecule has 0 bridgehead atoms. The second kappa shape index (κ2) is 4.92. The van der Waals surface area contributed by atoms with Crippen molar-refractivity contribution in [1.29, 1.82) is 0 Å². The topological polar surface area (TPSA) is 85.9 Å². The molecular weight excluding hydrogens is 204 g/mol. The molecule has 1 aromatic rings. The number of hydrogen-bond acceptors (Lipinski definition) is 5. The van der Waals surface area contributed by atoms with Crippen LogP contribution in [0.5, 0.6) is 0 Å². The summed E-state index contributed by atoms with van der Waals surface area (Å²) in [6.07, 6.45) is 1.39. The standard InChI is InChI=1S/C9H9B2N3O2/c1-2-4(15)6(11)8(16)7-9(12)13-3-5(10)14-7/h3,6H,2H2,1H3,(H2,12,13). The Hall–Kier alpha value is -1.65. The zero-order chi connectivity index (χ0) is 12.3. The summed E-state index contributed by atoms with van der Waals surface area (Å²) in [6.45, 7) is 1.61. The van der Waals surface area contributed by atoms with Crippen molar-refractivity contribution in [3.63, 3.8) is 0 Å². The number of nitrogen functional groups attached to an aromatic ring is 1. The molecule has 0 spiro atoms. The minimum atomic E-state index is -1.26. The molecule has 1 rings (SSSR count). The lowest BCUT2D eigenvalue weighted by Gasteiger charge is -2.09. The number of Topliss-reactive ketones (excluding diaryl/α,β-unsaturated/α-hetero) is 2. The summed E-state index contributed by atoms with van der Waals surface area (Å²) in [4.78, 5) is 30.4. The van der Waals surface area contributed by atoms with Gasteiger partial charge in [0.15, 0.2) is 11.6 Å². The van der Waals surface area contributed by atoms with Gasteiger partial charge in [-0.2, -0.15) is 0 Å². The number of anilines is 1. The van der Waals surface area contributed by atoms with E-state index in [1.54, 1.807) is 6.92 Å². The van der Waals surface area contributed by atoms with Gasteiger partial charge in [0.05, 0.1) is 7.85 Å². The van der Waals surface area contributed by atoms with Crippen LogP contribution in [0.3, 0.4) is 0 Å². The molecule has 0 amide bonds. The highest BCUT2D eigenvalue weighted by Crippen LogP contribution is 2.14. The highest BCUT2D eigenvalue weighted by atomic mass is 16.1. The fourth-order valence-corrected chi connectivity index (χ4v) is 1.11. The van der Waals surface area contributed by atoms with E-state index < -0.39 is 11.6 Å². The number of ketones is 2. The molecule has 1 heterocycles. The van der Waals surface area contributed by atoms with Crippen molar-refractivity contribution in [3.8, 4) is 0 Å². The number of rotatable bonds is 4. The van der Waals surface area contributed by atoms with Gasteiger partial charge < -0.3 is 5.73 Å². The molecule has 2 N–H and O–H groups in total. The third-order valence-electron chi connectivity index (χ3n) is 2.03. The van der Waals surface area contributed by atoms with E-state index in [1.165, 1.54) is 6.20 Å². The van der Waals surface area contributed by atoms with Gasteiger partial charge in [-0.1, -0.05) is 6.92 Å². The Bertz CT molecular complexity index is 437. The van der Waals surface area contributed by atoms with Crippen LogP contribution in [0.4, 0.5) is 5.82 Å². The van der Waals surface area contributed by atoms with Gasteiger partial charge in [-0.05, 0) is 0 Å². The fourth-order valence-electron chi connectivity index (χ4n) is 1.11. The van der Waals surface area contributed by atoms with Gasteiger partial charge in [0, 0.05) is 24.0 Å². The van der Waals surface area contributed by atoms with Crippen molar-refractivity contribution in [2.75, 3.05) is 5.73 Å². The van der Waals surface area contributed by atoms with Crippen LogP contribution in [0.25, 0.3) is 0 Å². The summed E-state index contributed by atoms with van der Waals surface area (Å²) in [7, 11) is 10.8. The molecule has 1 atom stereocenters. The third-order valence-corrected chi connectivity index (χ3v) is 2.03. The Kier molecular flexibility index (Phi) is 3.82. The first-order valence-electron chi connectivity index (χ1n) is 4.67. The lowest BCUT2D eigenvalue weighted by atomic mass is 9.78. The molecule has 1 unspecified atom stereocenters. The number of hydrogen-bond donors (Lipinski definition) is 1.